The van der Waals surface area contributed by atoms with E-state index in [4.69, 9.17) is 0 Å². The molecule has 1 saturated carbocycles. The van der Waals surface area contributed by atoms with Gasteiger partial charge in [-0.1, -0.05) is 18.6 Å². The van der Waals surface area contributed by atoms with Crippen LogP contribution in [0.5, 0.6) is 0 Å². The normalized spacial score (nSPS) is 23.2. The van der Waals surface area contributed by atoms with Gasteiger partial charge in [0.1, 0.15) is 5.82 Å². The molecule has 126 valence electrons. The Hall–Kier alpha value is -1.62. The number of halogens is 1. The summed E-state index contributed by atoms with van der Waals surface area (Å²) in [5, 5.41) is 12.5. The fourth-order valence-electron chi connectivity index (χ4n) is 3.54. The first-order chi connectivity index (χ1) is 11.2. The Morgan fingerprint density at radius 1 is 1.26 bits per heavy atom. The molecule has 1 aliphatic heterocycles. The quantitative estimate of drug-likeness (QED) is 0.896. The van der Waals surface area contributed by atoms with Crippen LogP contribution in [-0.4, -0.2) is 35.7 Å². The van der Waals surface area contributed by atoms with Crippen molar-refractivity contribution in [2.75, 3.05) is 19.7 Å². The lowest BCUT2D eigenvalue weighted by Crippen LogP contribution is -2.48. The first kappa shape index (κ1) is 16.2. The molecule has 0 bridgehead atoms. The number of hydrogen-bond donors (Lipinski definition) is 2. The first-order valence-electron chi connectivity index (χ1n) is 8.59. The van der Waals surface area contributed by atoms with Gasteiger partial charge in [-0.05, 0) is 55.2 Å². The average molecular weight is 320 g/mol. The van der Waals surface area contributed by atoms with Gasteiger partial charge in [-0.2, -0.15) is 0 Å². The molecule has 2 aliphatic rings. The number of aliphatic hydroxyl groups is 1. The fourth-order valence-corrected chi connectivity index (χ4v) is 3.54. The number of benzene rings is 1. The third-order valence-corrected chi connectivity index (χ3v) is 5.19. The van der Waals surface area contributed by atoms with Crippen LogP contribution in [0.15, 0.2) is 24.3 Å². The van der Waals surface area contributed by atoms with Crippen LogP contribution in [0.3, 0.4) is 0 Å². The van der Waals surface area contributed by atoms with Gasteiger partial charge >= 0.3 is 6.03 Å². The van der Waals surface area contributed by atoms with Crippen molar-refractivity contribution in [2.24, 2.45) is 11.8 Å². The zero-order valence-electron chi connectivity index (χ0n) is 13.4. The molecule has 1 saturated heterocycles. The van der Waals surface area contributed by atoms with E-state index in [0.717, 1.165) is 37.8 Å². The summed E-state index contributed by atoms with van der Waals surface area (Å²) in [4.78, 5) is 14.4. The van der Waals surface area contributed by atoms with Crippen molar-refractivity contribution >= 4 is 6.03 Å². The molecule has 0 aromatic heterocycles. The minimum atomic E-state index is -0.255. The van der Waals surface area contributed by atoms with E-state index >= 15 is 0 Å². The van der Waals surface area contributed by atoms with Gasteiger partial charge in [0.05, 0.1) is 6.04 Å². The van der Waals surface area contributed by atoms with Crippen molar-refractivity contribution in [1.82, 2.24) is 10.2 Å². The zero-order valence-corrected chi connectivity index (χ0v) is 13.4. The van der Waals surface area contributed by atoms with Crippen LogP contribution in [0.1, 0.15) is 43.7 Å². The molecular weight excluding hydrogens is 295 g/mol. The van der Waals surface area contributed by atoms with Crippen molar-refractivity contribution in [3.05, 3.63) is 35.6 Å². The van der Waals surface area contributed by atoms with Gasteiger partial charge in [0.25, 0.3) is 0 Å². The topological polar surface area (TPSA) is 52.6 Å². The third kappa shape index (κ3) is 3.83. The highest BCUT2D eigenvalue weighted by atomic mass is 19.1. The predicted octanol–water partition coefficient (Wildman–Crippen LogP) is 3.08. The average Bonchev–Trinajstić information content (AvgIpc) is 2.53. The van der Waals surface area contributed by atoms with Gasteiger partial charge in [0.2, 0.25) is 0 Å². The summed E-state index contributed by atoms with van der Waals surface area (Å²) >= 11 is 0. The van der Waals surface area contributed by atoms with Crippen LogP contribution < -0.4 is 5.32 Å². The van der Waals surface area contributed by atoms with Crippen molar-refractivity contribution in [2.45, 2.75) is 38.1 Å². The second kappa shape index (κ2) is 7.30. The highest BCUT2D eigenvalue weighted by Crippen LogP contribution is 2.38. The Kier molecular flexibility index (Phi) is 5.16. The van der Waals surface area contributed by atoms with Crippen LogP contribution in [0.2, 0.25) is 0 Å². The zero-order chi connectivity index (χ0) is 16.2. The summed E-state index contributed by atoms with van der Waals surface area (Å²) in [6.45, 7) is 1.49. The number of piperidine rings is 1. The Morgan fingerprint density at radius 2 is 2.00 bits per heavy atom. The summed E-state index contributed by atoms with van der Waals surface area (Å²) in [6, 6.07) is 6.33. The second-order valence-electron chi connectivity index (χ2n) is 6.81. The Balaban J connectivity index is 1.68. The molecule has 5 heteroatoms. The van der Waals surface area contributed by atoms with Gasteiger partial charge in [0, 0.05) is 19.7 Å². The number of likely N-dealkylation sites (tertiary alicyclic amines) is 1. The molecule has 2 fully saturated rings. The number of nitrogens with one attached hydrogen (secondary N) is 1. The van der Waals surface area contributed by atoms with Gasteiger partial charge < -0.3 is 15.3 Å². The first-order valence-corrected chi connectivity index (χ1v) is 8.59. The molecule has 1 aromatic rings. The van der Waals surface area contributed by atoms with E-state index in [0.29, 0.717) is 12.5 Å². The predicted molar refractivity (Wildman–Crippen MR) is 86.4 cm³/mol. The lowest BCUT2D eigenvalue weighted by Gasteiger charge is -2.38. The summed E-state index contributed by atoms with van der Waals surface area (Å²) in [5.41, 5.74) is 0.972. The number of nitrogens with zero attached hydrogens (tertiary/aromatic N) is 1. The monoisotopic (exact) mass is 320 g/mol. The molecule has 0 radical (unpaired) electrons. The molecule has 1 aliphatic carbocycles. The van der Waals surface area contributed by atoms with E-state index in [1.165, 1.54) is 18.6 Å². The molecule has 3 rings (SSSR count). The molecule has 1 aromatic carbocycles. The van der Waals surface area contributed by atoms with E-state index in [-0.39, 0.29) is 30.4 Å². The lowest BCUT2D eigenvalue weighted by molar-refractivity contribution is 0.123. The largest absolute Gasteiger partial charge is 0.396 e. The number of carbonyl (C=O) groups is 1. The SMILES string of the molecule is O=C(N[C@H](c1ccc(F)cc1)C1CCC1)N1CCC[C@H](CO)C1. The molecule has 0 unspecified atom stereocenters. The fraction of sp³-hybridized carbons (Fsp3) is 0.611. The van der Waals surface area contributed by atoms with Crippen molar-refractivity contribution in [1.29, 1.82) is 0 Å². The van der Waals surface area contributed by atoms with Gasteiger partial charge in [-0.15, -0.1) is 0 Å². The van der Waals surface area contributed by atoms with Gasteiger partial charge in [0.15, 0.2) is 0 Å². The highest BCUT2D eigenvalue weighted by molar-refractivity contribution is 5.75. The number of carbonyl (C=O) groups excluding carboxylic acids is 1. The van der Waals surface area contributed by atoms with Crippen LogP contribution in [0.25, 0.3) is 0 Å². The maximum Gasteiger partial charge on any atom is 0.317 e. The van der Waals surface area contributed by atoms with Crippen molar-refractivity contribution in [3.63, 3.8) is 0 Å². The smallest absolute Gasteiger partial charge is 0.317 e. The molecule has 0 spiro atoms. The van der Waals surface area contributed by atoms with Crippen LogP contribution in [-0.2, 0) is 0 Å². The lowest BCUT2D eigenvalue weighted by atomic mass is 9.77. The van der Waals surface area contributed by atoms with Gasteiger partial charge in [-0.3, -0.25) is 0 Å². The van der Waals surface area contributed by atoms with E-state index in [1.54, 1.807) is 17.0 Å². The Morgan fingerprint density at radius 3 is 2.61 bits per heavy atom. The van der Waals surface area contributed by atoms with E-state index in [1.807, 2.05) is 0 Å². The minimum absolute atomic E-state index is 0.0497. The number of aliphatic hydroxyl groups excluding tert-OH is 1. The molecular formula is C18H25FN2O2. The Bertz CT molecular complexity index is 530. The van der Waals surface area contributed by atoms with Gasteiger partial charge in [-0.25, -0.2) is 9.18 Å². The highest BCUT2D eigenvalue weighted by Gasteiger charge is 2.32. The van der Waals surface area contributed by atoms with Crippen molar-refractivity contribution in [3.8, 4) is 0 Å². The summed E-state index contributed by atoms with van der Waals surface area (Å²) in [5.74, 6) is 0.361. The van der Waals surface area contributed by atoms with E-state index < -0.39 is 0 Å². The number of hydrogen-bond acceptors (Lipinski definition) is 2. The molecule has 4 nitrogen and oxygen atoms in total. The Labute approximate surface area is 136 Å². The van der Waals surface area contributed by atoms with Crippen LogP contribution >= 0.6 is 0 Å². The van der Waals surface area contributed by atoms with Crippen LogP contribution in [0, 0.1) is 17.7 Å². The number of amides is 2. The maximum absolute atomic E-state index is 13.2. The standard InChI is InChI=1S/C18H25FN2O2/c19-16-8-6-15(7-9-16)17(14-4-1-5-14)20-18(23)21-10-2-3-13(11-21)12-22/h6-9,13-14,17,22H,1-5,10-12H2,(H,20,23)/t13-,17-/m0/s1. The third-order valence-electron chi connectivity index (χ3n) is 5.19. The second-order valence-corrected chi connectivity index (χ2v) is 6.81. The maximum atomic E-state index is 13.2. The summed E-state index contributed by atoms with van der Waals surface area (Å²) in [7, 11) is 0. The number of rotatable bonds is 4. The minimum Gasteiger partial charge on any atom is -0.396 e. The molecule has 1 heterocycles. The van der Waals surface area contributed by atoms with Crippen LogP contribution in [0.4, 0.5) is 9.18 Å². The molecule has 2 atom stereocenters. The molecule has 23 heavy (non-hydrogen) atoms. The molecule has 2 N–H and O–H groups in total. The summed E-state index contributed by atoms with van der Waals surface area (Å²) in [6.07, 6.45) is 5.30. The summed E-state index contributed by atoms with van der Waals surface area (Å²) < 4.78 is 13.2. The number of urea groups is 1. The van der Waals surface area contributed by atoms with E-state index in [2.05, 4.69) is 5.32 Å². The van der Waals surface area contributed by atoms with Crippen molar-refractivity contribution < 1.29 is 14.3 Å². The van der Waals surface area contributed by atoms with E-state index in [9.17, 15) is 14.3 Å². The molecule has 2 amide bonds.